The number of imidazole rings is 1. The van der Waals surface area contributed by atoms with Crippen LogP contribution in [0, 0.1) is 0 Å². The highest BCUT2D eigenvalue weighted by molar-refractivity contribution is 6.43. The van der Waals surface area contributed by atoms with E-state index in [0.717, 1.165) is 0 Å². The van der Waals surface area contributed by atoms with Crippen molar-refractivity contribution < 1.29 is 20.1 Å². The number of rotatable bonds is 2. The number of aromatic amines is 1. The number of nitrogens with zero attached hydrogens (tertiary/aromatic N) is 1. The van der Waals surface area contributed by atoms with E-state index in [1.807, 2.05) is 0 Å². The topological polar surface area (TPSA) is 98.6 Å². The summed E-state index contributed by atoms with van der Waals surface area (Å²) in [6.07, 6.45) is -4.38. The fraction of sp³-hybridized carbons (Fsp3) is 0.417. The summed E-state index contributed by atoms with van der Waals surface area (Å²) in [5.41, 5.74) is 1.25. The van der Waals surface area contributed by atoms with Crippen molar-refractivity contribution in [3.8, 4) is 0 Å². The van der Waals surface area contributed by atoms with Gasteiger partial charge in [0.1, 0.15) is 24.4 Å². The molecule has 1 saturated heterocycles. The summed E-state index contributed by atoms with van der Waals surface area (Å²) in [7, 11) is 0. The molecular weight excluding hydrogens is 343 g/mol. The molecule has 9 heteroatoms. The Bertz CT molecular complexity index is 693. The molecule has 0 radical (unpaired) electrons. The predicted octanol–water partition coefficient (Wildman–Crippen LogP) is 1.68. The van der Waals surface area contributed by atoms with E-state index in [-0.39, 0.29) is 15.3 Å². The van der Waals surface area contributed by atoms with Crippen LogP contribution in [0.2, 0.25) is 15.3 Å². The zero-order valence-corrected chi connectivity index (χ0v) is 12.7. The van der Waals surface area contributed by atoms with Crippen LogP contribution in [0.15, 0.2) is 6.07 Å². The molecule has 4 N–H and O–H groups in total. The first-order valence-electron chi connectivity index (χ1n) is 6.09. The van der Waals surface area contributed by atoms with Gasteiger partial charge in [0.2, 0.25) is 5.28 Å². The summed E-state index contributed by atoms with van der Waals surface area (Å²) in [4.78, 5) is 6.91. The zero-order chi connectivity index (χ0) is 15.3. The zero-order valence-electron chi connectivity index (χ0n) is 10.4. The van der Waals surface area contributed by atoms with Crippen LogP contribution in [0.3, 0.4) is 0 Å². The molecule has 0 aliphatic carbocycles. The molecule has 3 rings (SSSR count). The minimum atomic E-state index is -1.27. The predicted molar refractivity (Wildman–Crippen MR) is 77.8 cm³/mol. The van der Waals surface area contributed by atoms with Gasteiger partial charge in [-0.15, -0.1) is 0 Å². The number of fused-ring (bicyclic) bond motifs is 1. The van der Waals surface area contributed by atoms with Crippen molar-refractivity contribution in [1.82, 2.24) is 9.97 Å². The highest BCUT2D eigenvalue weighted by atomic mass is 35.5. The smallest absolute Gasteiger partial charge is 0.201 e. The summed E-state index contributed by atoms with van der Waals surface area (Å²) in [6.45, 7) is -0.433. The number of aromatic nitrogens is 2. The van der Waals surface area contributed by atoms with Crippen molar-refractivity contribution in [2.75, 3.05) is 6.61 Å². The number of hydrogen-bond acceptors (Lipinski definition) is 5. The number of benzene rings is 1. The lowest BCUT2D eigenvalue weighted by Crippen LogP contribution is -2.32. The molecule has 2 heterocycles. The Morgan fingerprint density at radius 2 is 1.95 bits per heavy atom. The van der Waals surface area contributed by atoms with E-state index in [4.69, 9.17) is 44.6 Å². The van der Waals surface area contributed by atoms with Crippen molar-refractivity contribution in [2.45, 2.75) is 24.4 Å². The van der Waals surface area contributed by atoms with Crippen molar-refractivity contribution >= 4 is 45.8 Å². The lowest BCUT2D eigenvalue weighted by Gasteiger charge is -2.17. The second kappa shape index (κ2) is 5.55. The van der Waals surface area contributed by atoms with Crippen LogP contribution in [0.4, 0.5) is 0 Å². The average molecular weight is 354 g/mol. The van der Waals surface area contributed by atoms with Crippen molar-refractivity contribution in [3.63, 3.8) is 0 Å². The number of H-pyrrole nitrogens is 1. The standard InChI is InChI=1S/C12H11Cl3N2O4/c13-3-1-4-8(17-12(15)16-4)6(7(3)14)11-10(20)9(19)5(2-18)21-11/h1,5,9-11,18-20H,2H2,(H,16,17)/t5-,9-,10-,11+/m1/s1. The molecule has 114 valence electrons. The van der Waals surface area contributed by atoms with Gasteiger partial charge in [0.05, 0.1) is 27.7 Å². The lowest BCUT2D eigenvalue weighted by molar-refractivity contribution is -0.0223. The first-order valence-corrected chi connectivity index (χ1v) is 7.23. The maximum Gasteiger partial charge on any atom is 0.201 e. The molecule has 2 aromatic rings. The molecule has 21 heavy (non-hydrogen) atoms. The monoisotopic (exact) mass is 352 g/mol. The van der Waals surface area contributed by atoms with E-state index in [9.17, 15) is 10.2 Å². The van der Waals surface area contributed by atoms with Gasteiger partial charge >= 0.3 is 0 Å². The van der Waals surface area contributed by atoms with Gasteiger partial charge in [-0.05, 0) is 17.7 Å². The minimum Gasteiger partial charge on any atom is -0.394 e. The van der Waals surface area contributed by atoms with Crippen LogP contribution in [0.1, 0.15) is 11.7 Å². The van der Waals surface area contributed by atoms with E-state index in [0.29, 0.717) is 16.6 Å². The lowest BCUT2D eigenvalue weighted by atomic mass is 10.00. The summed E-state index contributed by atoms with van der Waals surface area (Å²) in [5.74, 6) is 0. The van der Waals surface area contributed by atoms with Gasteiger partial charge in [0, 0.05) is 5.56 Å². The van der Waals surface area contributed by atoms with Crippen LogP contribution in [-0.4, -0.2) is 50.2 Å². The fourth-order valence-electron chi connectivity index (χ4n) is 2.49. The molecule has 0 amide bonds. The van der Waals surface area contributed by atoms with Gasteiger partial charge in [-0.3, -0.25) is 0 Å². The van der Waals surface area contributed by atoms with E-state index in [1.54, 1.807) is 6.07 Å². The number of aliphatic hydroxyl groups is 3. The first-order chi connectivity index (χ1) is 9.93. The molecule has 1 aliphatic rings. The van der Waals surface area contributed by atoms with Gasteiger partial charge in [-0.25, -0.2) is 4.98 Å². The quantitative estimate of drug-likeness (QED) is 0.658. The van der Waals surface area contributed by atoms with E-state index in [1.165, 1.54) is 0 Å². The molecule has 6 nitrogen and oxygen atoms in total. The van der Waals surface area contributed by atoms with E-state index >= 15 is 0 Å². The van der Waals surface area contributed by atoms with Gasteiger partial charge in [0.25, 0.3) is 0 Å². The molecule has 0 saturated carbocycles. The third-order valence-electron chi connectivity index (χ3n) is 3.50. The Hall–Kier alpha value is -0.600. The second-order valence-corrected chi connectivity index (χ2v) is 5.91. The number of halogens is 3. The summed E-state index contributed by atoms with van der Waals surface area (Å²) < 4.78 is 5.48. The first kappa shape index (κ1) is 15.3. The molecule has 1 aliphatic heterocycles. The third kappa shape index (κ3) is 2.41. The van der Waals surface area contributed by atoms with Gasteiger partial charge in [-0.1, -0.05) is 23.2 Å². The van der Waals surface area contributed by atoms with E-state index in [2.05, 4.69) is 9.97 Å². The largest absolute Gasteiger partial charge is 0.394 e. The Balaban J connectivity index is 2.18. The Morgan fingerprint density at radius 1 is 1.24 bits per heavy atom. The third-order valence-corrected chi connectivity index (χ3v) is 4.48. The summed E-state index contributed by atoms with van der Waals surface area (Å²) in [6, 6.07) is 1.56. The Kier molecular flexibility index (Phi) is 4.04. The fourth-order valence-corrected chi connectivity index (χ4v) is 3.14. The molecule has 4 atom stereocenters. The van der Waals surface area contributed by atoms with Crippen molar-refractivity contribution in [1.29, 1.82) is 0 Å². The van der Waals surface area contributed by atoms with Gasteiger partial charge in [-0.2, -0.15) is 0 Å². The molecular formula is C12H11Cl3N2O4. The number of nitrogens with one attached hydrogen (secondary N) is 1. The van der Waals surface area contributed by atoms with Gasteiger partial charge < -0.3 is 25.0 Å². The molecule has 0 spiro atoms. The van der Waals surface area contributed by atoms with Crippen molar-refractivity contribution in [2.24, 2.45) is 0 Å². The average Bonchev–Trinajstić information content (AvgIpc) is 2.93. The molecule has 0 bridgehead atoms. The molecule has 1 aromatic carbocycles. The highest BCUT2D eigenvalue weighted by Crippen LogP contribution is 2.43. The maximum atomic E-state index is 10.1. The molecule has 1 fully saturated rings. The van der Waals surface area contributed by atoms with Crippen LogP contribution in [0.5, 0.6) is 0 Å². The number of aliphatic hydroxyl groups excluding tert-OH is 3. The second-order valence-electron chi connectivity index (χ2n) is 4.77. The summed E-state index contributed by atoms with van der Waals surface area (Å²) >= 11 is 18.1. The van der Waals surface area contributed by atoms with Gasteiger partial charge in [0.15, 0.2) is 0 Å². The minimum absolute atomic E-state index is 0.135. The molecule has 1 aromatic heterocycles. The normalized spacial score (nSPS) is 29.4. The van der Waals surface area contributed by atoms with Crippen LogP contribution in [0.25, 0.3) is 11.0 Å². The Labute approximate surface area is 134 Å². The summed E-state index contributed by atoms with van der Waals surface area (Å²) in [5, 5.41) is 29.7. The number of ether oxygens (including phenoxy) is 1. The van der Waals surface area contributed by atoms with Crippen LogP contribution >= 0.6 is 34.8 Å². The van der Waals surface area contributed by atoms with Crippen molar-refractivity contribution in [3.05, 3.63) is 27.0 Å². The Morgan fingerprint density at radius 3 is 2.57 bits per heavy atom. The van der Waals surface area contributed by atoms with E-state index < -0.39 is 31.0 Å². The maximum absolute atomic E-state index is 10.1. The highest BCUT2D eigenvalue weighted by Gasteiger charge is 2.45. The van der Waals surface area contributed by atoms with Crippen LogP contribution in [-0.2, 0) is 4.74 Å². The number of hydrogen-bond donors (Lipinski definition) is 4. The van der Waals surface area contributed by atoms with Crippen LogP contribution < -0.4 is 0 Å². The SMILES string of the molecule is OC[C@H]1O[C@@H](c2c(Cl)c(Cl)cc3[nH]c(Cl)nc23)[C@H](O)[C@@H]1O. The molecule has 0 unspecified atom stereocenters.